The Hall–Kier alpha value is -3.21. The van der Waals surface area contributed by atoms with Crippen molar-refractivity contribution in [3.8, 4) is 0 Å². The lowest BCUT2D eigenvalue weighted by Crippen LogP contribution is -2.37. The smallest absolute Gasteiger partial charge is 0.306 e. The van der Waals surface area contributed by atoms with Gasteiger partial charge in [-0.2, -0.15) is 4.98 Å². The second-order valence-corrected chi connectivity index (χ2v) is 8.99. The number of aromatic nitrogens is 2. The van der Waals surface area contributed by atoms with E-state index in [0.717, 1.165) is 6.26 Å². The fourth-order valence-electron chi connectivity index (χ4n) is 3.27. The highest BCUT2D eigenvalue weighted by molar-refractivity contribution is 7.90. The number of carboxylic acids is 1. The number of nitrogens with zero attached hydrogens (tertiary/aromatic N) is 3. The second-order valence-electron chi connectivity index (χ2n) is 7.00. The minimum absolute atomic E-state index is 0.0790. The van der Waals surface area contributed by atoms with Gasteiger partial charge in [0.1, 0.15) is 11.4 Å². The summed E-state index contributed by atoms with van der Waals surface area (Å²) < 4.78 is 24.2. The van der Waals surface area contributed by atoms with Crippen molar-refractivity contribution >= 4 is 39.2 Å². The molecule has 1 fully saturated rings. The number of aliphatic carboxylic acids is 1. The largest absolute Gasteiger partial charge is 0.481 e. The maximum atomic E-state index is 12.3. The second kappa shape index (κ2) is 8.66. The first-order valence-corrected chi connectivity index (χ1v) is 11.2. The van der Waals surface area contributed by atoms with Gasteiger partial charge in [0, 0.05) is 32.6 Å². The Morgan fingerprint density at radius 1 is 1.20 bits per heavy atom. The summed E-state index contributed by atoms with van der Waals surface area (Å²) in [5.41, 5.74) is 0.448. The van der Waals surface area contributed by atoms with Crippen molar-refractivity contribution < 1.29 is 23.1 Å². The monoisotopic (exact) mass is 433 g/mol. The van der Waals surface area contributed by atoms with Gasteiger partial charge < -0.3 is 20.6 Å². The molecule has 11 heteroatoms. The van der Waals surface area contributed by atoms with Crippen LogP contribution in [0, 0.1) is 5.92 Å². The maximum absolute atomic E-state index is 12.3. The van der Waals surface area contributed by atoms with Gasteiger partial charge >= 0.3 is 5.97 Å². The Kier molecular flexibility index (Phi) is 6.20. The van der Waals surface area contributed by atoms with Crippen LogP contribution in [0.4, 0.5) is 17.5 Å². The number of carbonyl (C=O) groups is 2. The maximum Gasteiger partial charge on any atom is 0.306 e. The summed E-state index contributed by atoms with van der Waals surface area (Å²) in [6.45, 7) is 0.936. The number of rotatable bonds is 6. The molecule has 1 aromatic carbocycles. The van der Waals surface area contributed by atoms with E-state index in [-0.39, 0.29) is 16.3 Å². The molecule has 1 aliphatic heterocycles. The van der Waals surface area contributed by atoms with E-state index in [0.29, 0.717) is 37.6 Å². The number of nitrogens with one attached hydrogen (secondary N) is 2. The van der Waals surface area contributed by atoms with E-state index in [1.54, 1.807) is 18.2 Å². The lowest BCUT2D eigenvalue weighted by Gasteiger charge is -2.30. The highest BCUT2D eigenvalue weighted by atomic mass is 32.2. The summed E-state index contributed by atoms with van der Waals surface area (Å²) in [7, 11) is -2.04. The topological polar surface area (TPSA) is 142 Å². The van der Waals surface area contributed by atoms with Crippen molar-refractivity contribution in [1.82, 2.24) is 15.3 Å². The van der Waals surface area contributed by atoms with Crippen molar-refractivity contribution in [2.24, 2.45) is 5.92 Å². The molecular formula is C19H23N5O5S. The summed E-state index contributed by atoms with van der Waals surface area (Å²) in [5, 5.41) is 14.6. The van der Waals surface area contributed by atoms with Crippen molar-refractivity contribution in [1.29, 1.82) is 0 Å². The van der Waals surface area contributed by atoms with Crippen LogP contribution in [0.15, 0.2) is 35.4 Å². The molecule has 160 valence electrons. The average Bonchev–Trinajstić information content (AvgIpc) is 2.73. The number of benzene rings is 1. The minimum Gasteiger partial charge on any atom is -0.481 e. The van der Waals surface area contributed by atoms with Gasteiger partial charge in [-0.1, -0.05) is 12.1 Å². The van der Waals surface area contributed by atoms with E-state index in [9.17, 15) is 18.0 Å². The zero-order chi connectivity index (χ0) is 21.9. The summed E-state index contributed by atoms with van der Waals surface area (Å²) in [5.74, 6) is -1.14. The van der Waals surface area contributed by atoms with Crippen LogP contribution in [-0.2, 0) is 14.6 Å². The summed E-state index contributed by atoms with van der Waals surface area (Å²) >= 11 is 0. The van der Waals surface area contributed by atoms with E-state index in [4.69, 9.17) is 5.11 Å². The number of carbonyl (C=O) groups excluding carboxylic acids is 1. The van der Waals surface area contributed by atoms with Gasteiger partial charge in [-0.25, -0.2) is 13.4 Å². The Bertz CT molecular complexity index is 1060. The predicted molar refractivity (Wildman–Crippen MR) is 111 cm³/mol. The number of hydrogen-bond donors (Lipinski definition) is 3. The molecule has 1 saturated heterocycles. The first-order valence-electron chi connectivity index (χ1n) is 9.33. The van der Waals surface area contributed by atoms with Crippen molar-refractivity contribution in [2.45, 2.75) is 17.7 Å². The summed E-state index contributed by atoms with van der Waals surface area (Å²) in [6.07, 6.45) is 3.41. The van der Waals surface area contributed by atoms with Crippen LogP contribution < -0.4 is 15.5 Å². The fraction of sp³-hybridized carbons (Fsp3) is 0.368. The Morgan fingerprint density at radius 3 is 2.47 bits per heavy atom. The molecule has 1 aliphatic rings. The van der Waals surface area contributed by atoms with Crippen LogP contribution in [0.2, 0.25) is 0 Å². The van der Waals surface area contributed by atoms with Gasteiger partial charge in [-0.15, -0.1) is 0 Å². The molecule has 0 atom stereocenters. The lowest BCUT2D eigenvalue weighted by atomic mass is 9.97. The predicted octanol–water partition coefficient (Wildman–Crippen LogP) is 1.28. The third kappa shape index (κ3) is 4.67. The molecule has 0 bridgehead atoms. The van der Waals surface area contributed by atoms with Gasteiger partial charge in [0.25, 0.3) is 5.91 Å². The van der Waals surface area contributed by atoms with Crippen LogP contribution in [-0.4, -0.2) is 61.8 Å². The highest BCUT2D eigenvalue weighted by Crippen LogP contribution is 2.28. The Balaban J connectivity index is 1.96. The third-order valence-corrected chi connectivity index (χ3v) is 6.07. The molecule has 0 spiro atoms. The van der Waals surface area contributed by atoms with Crippen LogP contribution in [0.5, 0.6) is 0 Å². The molecule has 2 aromatic rings. The molecule has 0 aliphatic carbocycles. The molecule has 0 saturated carbocycles. The fourth-order valence-corrected chi connectivity index (χ4v) is 4.11. The number of anilines is 3. The number of hydrogen-bond acceptors (Lipinski definition) is 8. The standard InChI is InChI=1S/C19H23N5O5S/c1-20-17(25)13-11-21-19(24-9-7-12(8-10-24)18(26)27)23-16(13)22-14-5-3-4-6-15(14)30(2,28)29/h3-6,11-12H,7-10H2,1-2H3,(H,20,25)(H,26,27)(H,21,22,23). The molecule has 3 N–H and O–H groups in total. The van der Waals surface area contributed by atoms with E-state index < -0.39 is 27.6 Å². The number of piperidine rings is 1. The van der Waals surface area contributed by atoms with Crippen molar-refractivity contribution in [3.63, 3.8) is 0 Å². The van der Waals surface area contributed by atoms with Crippen LogP contribution in [0.1, 0.15) is 23.2 Å². The van der Waals surface area contributed by atoms with Gasteiger partial charge in [-0.3, -0.25) is 9.59 Å². The molecule has 0 radical (unpaired) electrons. The third-order valence-electron chi connectivity index (χ3n) is 4.91. The molecule has 2 heterocycles. The quantitative estimate of drug-likeness (QED) is 0.614. The Labute approximate surface area is 174 Å². The van der Waals surface area contributed by atoms with E-state index >= 15 is 0 Å². The SMILES string of the molecule is CNC(=O)c1cnc(N2CCC(C(=O)O)CC2)nc1Nc1ccccc1S(C)(=O)=O. The van der Waals surface area contributed by atoms with E-state index in [2.05, 4.69) is 20.6 Å². The van der Waals surface area contributed by atoms with E-state index in [1.165, 1.54) is 19.3 Å². The average molecular weight is 433 g/mol. The van der Waals surface area contributed by atoms with E-state index in [1.807, 2.05) is 4.90 Å². The van der Waals surface area contributed by atoms with Gasteiger partial charge in [0.15, 0.2) is 9.84 Å². The summed E-state index contributed by atoms with van der Waals surface area (Å²) in [6, 6.07) is 6.34. The number of amides is 1. The number of carboxylic acid groups (broad SMARTS) is 1. The van der Waals surface area contributed by atoms with Crippen molar-refractivity contribution in [2.75, 3.05) is 36.6 Å². The van der Waals surface area contributed by atoms with Crippen LogP contribution >= 0.6 is 0 Å². The molecule has 3 rings (SSSR count). The van der Waals surface area contributed by atoms with Crippen molar-refractivity contribution in [3.05, 3.63) is 36.0 Å². The van der Waals surface area contributed by atoms with Crippen LogP contribution in [0.3, 0.4) is 0 Å². The zero-order valence-corrected chi connectivity index (χ0v) is 17.4. The molecule has 1 aromatic heterocycles. The molecular weight excluding hydrogens is 410 g/mol. The zero-order valence-electron chi connectivity index (χ0n) is 16.6. The molecule has 30 heavy (non-hydrogen) atoms. The first-order chi connectivity index (χ1) is 14.2. The Morgan fingerprint density at radius 2 is 1.87 bits per heavy atom. The molecule has 1 amide bonds. The summed E-state index contributed by atoms with van der Waals surface area (Å²) in [4.78, 5) is 34.1. The number of sulfone groups is 1. The first kappa shape index (κ1) is 21.5. The lowest BCUT2D eigenvalue weighted by molar-refractivity contribution is -0.142. The van der Waals surface area contributed by atoms with Gasteiger partial charge in [0.2, 0.25) is 5.95 Å². The normalized spacial score (nSPS) is 14.9. The highest BCUT2D eigenvalue weighted by Gasteiger charge is 2.27. The minimum atomic E-state index is -3.51. The van der Waals surface area contributed by atoms with Crippen LogP contribution in [0.25, 0.3) is 0 Å². The van der Waals surface area contributed by atoms with Gasteiger partial charge in [-0.05, 0) is 25.0 Å². The van der Waals surface area contributed by atoms with Gasteiger partial charge in [0.05, 0.1) is 16.5 Å². The molecule has 0 unspecified atom stereocenters. The molecule has 10 nitrogen and oxygen atoms in total. The number of para-hydroxylation sites is 1.